The Morgan fingerprint density at radius 2 is 1.06 bits per heavy atom. The Labute approximate surface area is 192 Å². The van der Waals surface area contributed by atoms with E-state index in [2.05, 4.69) is 0 Å². The van der Waals surface area contributed by atoms with E-state index in [0.717, 1.165) is 6.07 Å². The Morgan fingerprint density at radius 3 is 1.50 bits per heavy atom. The van der Waals surface area contributed by atoms with Crippen molar-refractivity contribution >= 4 is 35.7 Å². The minimum atomic E-state index is -0.648. The summed E-state index contributed by atoms with van der Waals surface area (Å²) in [6.45, 7) is 0.176. The fraction of sp³-hybridized carbons (Fsp3) is 0.0833. The fourth-order valence-corrected chi connectivity index (χ4v) is 3.72. The van der Waals surface area contributed by atoms with E-state index in [1.165, 1.54) is 18.2 Å². The van der Waals surface area contributed by atoms with Crippen LogP contribution in [0.4, 0.5) is 11.4 Å². The summed E-state index contributed by atoms with van der Waals surface area (Å²) in [7, 11) is 0. The lowest BCUT2D eigenvalue weighted by atomic mass is 10.0. The monoisotopic (exact) mass is 460 g/mol. The van der Waals surface area contributed by atoms with Crippen molar-refractivity contribution in [3.8, 4) is 23.0 Å². The van der Waals surface area contributed by atoms with Crippen LogP contribution in [0, 0.1) is 20.2 Å². The SMILES string of the molecule is O=[N+]([O-])c1cc([N+](=O)[O-])c(C=Cc2cccc3c2OCO3)cc1C=Cc1cccc2c1OCO2. The summed E-state index contributed by atoms with van der Waals surface area (Å²) in [5.74, 6) is 2.21. The number of hydrogen-bond acceptors (Lipinski definition) is 8. The molecule has 0 bridgehead atoms. The van der Waals surface area contributed by atoms with Gasteiger partial charge in [-0.25, -0.2) is 0 Å². The molecule has 2 aliphatic rings. The van der Waals surface area contributed by atoms with Crippen molar-refractivity contribution in [2.75, 3.05) is 13.6 Å². The number of rotatable bonds is 6. The first kappa shape index (κ1) is 21.0. The zero-order valence-corrected chi connectivity index (χ0v) is 17.5. The smallest absolute Gasteiger partial charge is 0.283 e. The van der Waals surface area contributed by atoms with Gasteiger partial charge in [0.25, 0.3) is 11.4 Å². The summed E-state index contributed by atoms with van der Waals surface area (Å²) >= 11 is 0. The van der Waals surface area contributed by atoms with E-state index in [1.54, 1.807) is 48.6 Å². The highest BCUT2D eigenvalue weighted by Gasteiger charge is 2.23. The molecular formula is C24H16N2O8. The molecule has 0 saturated carbocycles. The van der Waals surface area contributed by atoms with Crippen LogP contribution in [-0.2, 0) is 0 Å². The fourth-order valence-electron chi connectivity index (χ4n) is 3.72. The molecule has 2 heterocycles. The molecule has 0 spiro atoms. The van der Waals surface area contributed by atoms with Crippen molar-refractivity contribution in [1.82, 2.24) is 0 Å². The van der Waals surface area contributed by atoms with Gasteiger partial charge in [0, 0.05) is 11.1 Å². The maximum absolute atomic E-state index is 11.7. The molecule has 2 aliphatic heterocycles. The molecule has 3 aromatic carbocycles. The predicted octanol–water partition coefficient (Wildman–Crippen LogP) is 5.30. The Balaban J connectivity index is 1.57. The quantitative estimate of drug-likeness (QED) is 0.276. The van der Waals surface area contributed by atoms with Gasteiger partial charge in [-0.3, -0.25) is 20.2 Å². The molecule has 0 N–H and O–H groups in total. The standard InChI is InChI=1S/C24H16N2O8/c27-25(28)19-12-20(26(29)30)18(10-8-16-4-2-6-22-24(16)34-14-32-22)11-17(19)9-7-15-3-1-5-21-23(15)33-13-31-21/h1-12H,13-14H2. The lowest BCUT2D eigenvalue weighted by molar-refractivity contribution is -0.394. The number of nitro groups is 2. The third-order valence-corrected chi connectivity index (χ3v) is 5.31. The number of para-hydroxylation sites is 2. The van der Waals surface area contributed by atoms with Crippen LogP contribution in [0.2, 0.25) is 0 Å². The summed E-state index contributed by atoms with van der Waals surface area (Å²) in [6, 6.07) is 13.0. The highest BCUT2D eigenvalue weighted by molar-refractivity contribution is 5.83. The molecule has 10 heteroatoms. The predicted molar refractivity (Wildman–Crippen MR) is 123 cm³/mol. The van der Waals surface area contributed by atoms with E-state index in [9.17, 15) is 20.2 Å². The first-order valence-corrected chi connectivity index (χ1v) is 10.1. The number of ether oxygens (including phenoxy) is 4. The molecule has 34 heavy (non-hydrogen) atoms. The summed E-state index contributed by atoms with van der Waals surface area (Å²) in [6.07, 6.45) is 6.33. The third-order valence-electron chi connectivity index (χ3n) is 5.31. The molecule has 0 amide bonds. The van der Waals surface area contributed by atoms with Crippen LogP contribution in [0.15, 0.2) is 48.5 Å². The van der Waals surface area contributed by atoms with Gasteiger partial charge in [-0.1, -0.05) is 36.4 Å². The molecule has 0 aliphatic carbocycles. The van der Waals surface area contributed by atoms with E-state index in [0.29, 0.717) is 34.1 Å². The van der Waals surface area contributed by atoms with Crippen molar-refractivity contribution in [2.45, 2.75) is 0 Å². The summed E-state index contributed by atoms with van der Waals surface area (Å²) in [5.41, 5.74) is 0.951. The largest absolute Gasteiger partial charge is 0.454 e. The van der Waals surface area contributed by atoms with Gasteiger partial charge in [0.2, 0.25) is 13.6 Å². The number of fused-ring (bicyclic) bond motifs is 2. The summed E-state index contributed by atoms with van der Waals surface area (Å²) in [5, 5.41) is 23.3. The highest BCUT2D eigenvalue weighted by atomic mass is 16.7. The molecular weight excluding hydrogens is 444 g/mol. The second-order valence-electron chi connectivity index (χ2n) is 7.31. The maximum atomic E-state index is 11.7. The van der Waals surface area contributed by atoms with E-state index in [4.69, 9.17) is 18.9 Å². The Hall–Kier alpha value is -4.86. The summed E-state index contributed by atoms with van der Waals surface area (Å²) < 4.78 is 21.6. The van der Waals surface area contributed by atoms with Crippen LogP contribution in [-0.4, -0.2) is 23.4 Å². The van der Waals surface area contributed by atoms with Gasteiger partial charge in [0.15, 0.2) is 23.0 Å². The average molecular weight is 460 g/mol. The van der Waals surface area contributed by atoms with Gasteiger partial charge in [0.1, 0.15) is 0 Å². The van der Waals surface area contributed by atoms with Crippen LogP contribution in [0.1, 0.15) is 22.3 Å². The Bertz CT molecular complexity index is 1280. The Morgan fingerprint density at radius 1 is 0.618 bits per heavy atom. The van der Waals surface area contributed by atoms with Crippen molar-refractivity contribution < 1.29 is 28.8 Å². The Kier molecular flexibility index (Phi) is 5.30. The van der Waals surface area contributed by atoms with Crippen molar-refractivity contribution in [2.24, 2.45) is 0 Å². The maximum Gasteiger partial charge on any atom is 0.283 e. The number of hydrogen-bond donors (Lipinski definition) is 0. The summed E-state index contributed by atoms with van der Waals surface area (Å²) in [4.78, 5) is 22.0. The molecule has 0 aromatic heterocycles. The zero-order chi connectivity index (χ0) is 23.7. The molecule has 0 unspecified atom stereocenters. The first-order valence-electron chi connectivity index (χ1n) is 10.1. The highest BCUT2D eigenvalue weighted by Crippen LogP contribution is 2.39. The van der Waals surface area contributed by atoms with Gasteiger partial charge in [-0.05, 0) is 30.4 Å². The molecule has 0 atom stereocenters. The topological polar surface area (TPSA) is 123 Å². The normalized spacial score (nSPS) is 13.6. The third kappa shape index (κ3) is 3.88. The van der Waals surface area contributed by atoms with Crippen LogP contribution in [0.3, 0.4) is 0 Å². The van der Waals surface area contributed by atoms with Crippen molar-refractivity contribution in [3.63, 3.8) is 0 Å². The second-order valence-corrected chi connectivity index (χ2v) is 7.31. The molecule has 5 rings (SSSR count). The van der Waals surface area contributed by atoms with E-state index < -0.39 is 9.85 Å². The molecule has 0 radical (unpaired) electrons. The lowest BCUT2D eigenvalue weighted by Crippen LogP contribution is -1.98. The molecule has 10 nitrogen and oxygen atoms in total. The van der Waals surface area contributed by atoms with Crippen LogP contribution >= 0.6 is 0 Å². The molecule has 0 saturated heterocycles. The van der Waals surface area contributed by atoms with E-state index in [1.807, 2.05) is 0 Å². The van der Waals surface area contributed by atoms with Gasteiger partial charge < -0.3 is 18.9 Å². The van der Waals surface area contributed by atoms with Crippen LogP contribution in [0.25, 0.3) is 24.3 Å². The lowest BCUT2D eigenvalue weighted by Gasteiger charge is -2.04. The van der Waals surface area contributed by atoms with E-state index >= 15 is 0 Å². The number of benzene rings is 3. The molecule has 0 fully saturated rings. The molecule has 3 aromatic rings. The first-order chi connectivity index (χ1) is 16.5. The van der Waals surface area contributed by atoms with Gasteiger partial charge in [-0.2, -0.15) is 0 Å². The zero-order valence-electron chi connectivity index (χ0n) is 17.5. The van der Waals surface area contributed by atoms with Crippen LogP contribution < -0.4 is 18.9 Å². The minimum absolute atomic E-state index is 0.0880. The van der Waals surface area contributed by atoms with Gasteiger partial charge >= 0.3 is 0 Å². The average Bonchev–Trinajstić information content (AvgIpc) is 3.50. The number of nitro benzene ring substituents is 2. The van der Waals surface area contributed by atoms with E-state index in [-0.39, 0.29) is 36.1 Å². The minimum Gasteiger partial charge on any atom is -0.454 e. The van der Waals surface area contributed by atoms with Crippen molar-refractivity contribution in [1.29, 1.82) is 0 Å². The number of nitrogens with zero attached hydrogens (tertiary/aromatic N) is 2. The van der Waals surface area contributed by atoms with Gasteiger partial charge in [0.05, 0.1) is 27.0 Å². The van der Waals surface area contributed by atoms with Crippen LogP contribution in [0.5, 0.6) is 23.0 Å². The van der Waals surface area contributed by atoms with Crippen molar-refractivity contribution in [3.05, 3.63) is 91.0 Å². The molecule has 170 valence electrons. The van der Waals surface area contributed by atoms with Gasteiger partial charge in [-0.15, -0.1) is 0 Å². The second kappa shape index (κ2) is 8.58.